The molecule has 0 bridgehead atoms. The number of amides is 1. The van der Waals surface area contributed by atoms with Gasteiger partial charge in [0.2, 0.25) is 0 Å². The molecule has 0 unspecified atom stereocenters. The third-order valence-electron chi connectivity index (χ3n) is 5.09. The van der Waals surface area contributed by atoms with Crippen molar-refractivity contribution >= 4 is 11.9 Å². The summed E-state index contributed by atoms with van der Waals surface area (Å²) >= 11 is 0. The van der Waals surface area contributed by atoms with Crippen molar-refractivity contribution in [1.29, 1.82) is 0 Å². The van der Waals surface area contributed by atoms with Gasteiger partial charge in [-0.1, -0.05) is 0 Å². The van der Waals surface area contributed by atoms with E-state index in [9.17, 15) is 9.59 Å². The predicted octanol–water partition coefficient (Wildman–Crippen LogP) is 2.68. The van der Waals surface area contributed by atoms with Gasteiger partial charge in [-0.25, -0.2) is 4.79 Å². The number of benzene rings is 1. The molecule has 24 heavy (non-hydrogen) atoms. The third-order valence-corrected chi connectivity index (χ3v) is 5.09. The fourth-order valence-electron chi connectivity index (χ4n) is 3.09. The highest BCUT2D eigenvalue weighted by Crippen LogP contribution is 2.26. The number of hydrogen-bond acceptors (Lipinski definition) is 4. The van der Waals surface area contributed by atoms with Crippen molar-refractivity contribution in [3.05, 3.63) is 33.4 Å². The second kappa shape index (κ2) is 7.79. The Morgan fingerprint density at radius 1 is 1.04 bits per heavy atom. The van der Waals surface area contributed by atoms with Crippen LogP contribution in [0.25, 0.3) is 0 Å². The summed E-state index contributed by atoms with van der Waals surface area (Å²) in [5.74, 6) is -0.738. The highest BCUT2D eigenvalue weighted by Gasteiger charge is 2.21. The molecule has 132 valence electrons. The molecule has 0 saturated carbocycles. The molecule has 0 radical (unpaired) electrons. The SMILES string of the molecule is Cc1c(C)c(C)c(C(=O)OCC(=O)NC[C@H]2CCCO2)c(C)c1C. The number of carbonyl (C=O) groups is 2. The molecular weight excluding hydrogens is 306 g/mol. The molecule has 0 aromatic heterocycles. The summed E-state index contributed by atoms with van der Waals surface area (Å²) in [6.07, 6.45) is 2.07. The normalized spacial score (nSPS) is 17.0. The van der Waals surface area contributed by atoms with E-state index in [0.29, 0.717) is 12.1 Å². The van der Waals surface area contributed by atoms with Gasteiger partial charge in [-0.15, -0.1) is 0 Å². The fraction of sp³-hybridized carbons (Fsp3) is 0.579. The van der Waals surface area contributed by atoms with Crippen LogP contribution in [0.1, 0.15) is 51.0 Å². The van der Waals surface area contributed by atoms with Crippen LogP contribution < -0.4 is 5.32 Å². The van der Waals surface area contributed by atoms with Crippen molar-refractivity contribution in [2.75, 3.05) is 19.8 Å². The minimum atomic E-state index is -0.441. The molecule has 1 aliphatic rings. The minimum absolute atomic E-state index is 0.0801. The standard InChI is InChI=1S/C19H27NO4/c1-11-12(2)14(4)18(15(5)13(11)3)19(22)24-10-17(21)20-9-16-7-6-8-23-16/h16H,6-10H2,1-5H3,(H,20,21)/t16-/m1/s1. The molecule has 0 aliphatic carbocycles. The van der Waals surface area contributed by atoms with E-state index in [-0.39, 0.29) is 18.6 Å². The number of nitrogens with one attached hydrogen (secondary N) is 1. The zero-order valence-electron chi connectivity index (χ0n) is 15.2. The molecule has 1 fully saturated rings. The van der Waals surface area contributed by atoms with Crippen molar-refractivity contribution in [3.8, 4) is 0 Å². The molecule has 0 spiro atoms. The van der Waals surface area contributed by atoms with E-state index in [1.807, 2.05) is 27.7 Å². The van der Waals surface area contributed by atoms with Crippen LogP contribution in [0.4, 0.5) is 0 Å². The van der Waals surface area contributed by atoms with Gasteiger partial charge in [-0.3, -0.25) is 4.79 Å². The molecule has 1 aromatic carbocycles. The first kappa shape index (κ1) is 18.5. The molecule has 1 aromatic rings. The minimum Gasteiger partial charge on any atom is -0.452 e. The zero-order chi connectivity index (χ0) is 17.9. The van der Waals surface area contributed by atoms with Gasteiger partial charge < -0.3 is 14.8 Å². The summed E-state index contributed by atoms with van der Waals surface area (Å²) in [6, 6.07) is 0. The van der Waals surface area contributed by atoms with Crippen molar-refractivity contribution < 1.29 is 19.1 Å². The Morgan fingerprint density at radius 3 is 2.17 bits per heavy atom. The van der Waals surface area contributed by atoms with Gasteiger partial charge >= 0.3 is 5.97 Å². The fourth-order valence-corrected chi connectivity index (χ4v) is 3.09. The second-order valence-electron chi connectivity index (χ2n) is 6.52. The van der Waals surface area contributed by atoms with Gasteiger partial charge in [0.05, 0.1) is 11.7 Å². The molecule has 1 saturated heterocycles. The average molecular weight is 333 g/mol. The average Bonchev–Trinajstić information content (AvgIpc) is 3.08. The highest BCUT2D eigenvalue weighted by molar-refractivity contribution is 5.95. The number of hydrogen-bond donors (Lipinski definition) is 1. The Balaban J connectivity index is 1.96. The quantitative estimate of drug-likeness (QED) is 0.842. The smallest absolute Gasteiger partial charge is 0.339 e. The van der Waals surface area contributed by atoms with E-state index in [1.54, 1.807) is 0 Å². The van der Waals surface area contributed by atoms with Gasteiger partial charge in [0.25, 0.3) is 5.91 Å². The maximum atomic E-state index is 12.4. The summed E-state index contributed by atoms with van der Waals surface area (Å²) in [7, 11) is 0. The monoisotopic (exact) mass is 333 g/mol. The molecule has 1 amide bonds. The van der Waals surface area contributed by atoms with E-state index in [0.717, 1.165) is 41.7 Å². The lowest BCUT2D eigenvalue weighted by Crippen LogP contribution is -2.35. The van der Waals surface area contributed by atoms with Gasteiger partial charge in [0, 0.05) is 13.2 Å². The molecule has 1 atom stereocenters. The number of esters is 1. The van der Waals surface area contributed by atoms with Crippen LogP contribution in [-0.4, -0.2) is 37.7 Å². The maximum absolute atomic E-state index is 12.4. The first-order valence-electron chi connectivity index (χ1n) is 8.45. The van der Waals surface area contributed by atoms with E-state index < -0.39 is 5.97 Å². The van der Waals surface area contributed by atoms with Crippen LogP contribution in [0, 0.1) is 34.6 Å². The Morgan fingerprint density at radius 2 is 1.62 bits per heavy atom. The molecular formula is C19H27NO4. The molecule has 2 rings (SSSR count). The van der Waals surface area contributed by atoms with Gasteiger partial charge in [0.15, 0.2) is 6.61 Å². The second-order valence-corrected chi connectivity index (χ2v) is 6.52. The lowest BCUT2D eigenvalue weighted by Gasteiger charge is -2.17. The summed E-state index contributed by atoms with van der Waals surface area (Å²) in [5.41, 5.74) is 5.78. The van der Waals surface area contributed by atoms with Crippen LogP contribution >= 0.6 is 0 Å². The van der Waals surface area contributed by atoms with E-state index in [2.05, 4.69) is 12.2 Å². The first-order chi connectivity index (χ1) is 11.3. The Bertz CT molecular complexity index is 616. The molecule has 1 N–H and O–H groups in total. The van der Waals surface area contributed by atoms with Crippen LogP contribution in [-0.2, 0) is 14.3 Å². The molecule has 5 heteroatoms. The van der Waals surface area contributed by atoms with Gasteiger partial charge in [-0.2, -0.15) is 0 Å². The van der Waals surface area contributed by atoms with Gasteiger partial charge in [-0.05, 0) is 75.3 Å². The number of rotatable bonds is 5. The highest BCUT2D eigenvalue weighted by atomic mass is 16.5. The lowest BCUT2D eigenvalue weighted by atomic mass is 9.90. The lowest BCUT2D eigenvalue weighted by molar-refractivity contribution is -0.124. The van der Waals surface area contributed by atoms with Crippen LogP contribution in [0.2, 0.25) is 0 Å². The number of ether oxygens (including phenoxy) is 2. The van der Waals surface area contributed by atoms with Crippen molar-refractivity contribution in [3.63, 3.8) is 0 Å². The summed E-state index contributed by atoms with van der Waals surface area (Å²) in [4.78, 5) is 24.3. The first-order valence-corrected chi connectivity index (χ1v) is 8.45. The van der Waals surface area contributed by atoms with Crippen LogP contribution in [0.3, 0.4) is 0 Å². The summed E-state index contributed by atoms with van der Waals surface area (Å²) < 4.78 is 10.7. The molecule has 1 heterocycles. The van der Waals surface area contributed by atoms with Crippen LogP contribution in [0.15, 0.2) is 0 Å². The van der Waals surface area contributed by atoms with E-state index in [4.69, 9.17) is 9.47 Å². The Labute approximate surface area is 143 Å². The van der Waals surface area contributed by atoms with Gasteiger partial charge in [0.1, 0.15) is 0 Å². The molecule has 1 aliphatic heterocycles. The maximum Gasteiger partial charge on any atom is 0.339 e. The summed E-state index contributed by atoms with van der Waals surface area (Å²) in [5, 5.41) is 2.75. The molecule has 5 nitrogen and oxygen atoms in total. The predicted molar refractivity (Wildman–Crippen MR) is 92.4 cm³/mol. The van der Waals surface area contributed by atoms with E-state index >= 15 is 0 Å². The summed E-state index contributed by atoms with van der Waals surface area (Å²) in [6.45, 7) is 10.8. The largest absolute Gasteiger partial charge is 0.452 e. The van der Waals surface area contributed by atoms with E-state index in [1.165, 1.54) is 5.56 Å². The Hall–Kier alpha value is -1.88. The van der Waals surface area contributed by atoms with Crippen molar-refractivity contribution in [1.82, 2.24) is 5.32 Å². The zero-order valence-corrected chi connectivity index (χ0v) is 15.2. The Kier molecular flexibility index (Phi) is 5.99. The van der Waals surface area contributed by atoms with Crippen molar-refractivity contribution in [2.24, 2.45) is 0 Å². The third kappa shape index (κ3) is 3.96. The van der Waals surface area contributed by atoms with Crippen molar-refractivity contribution in [2.45, 2.75) is 53.6 Å². The van der Waals surface area contributed by atoms with Crippen LogP contribution in [0.5, 0.6) is 0 Å². The number of carbonyl (C=O) groups excluding carboxylic acids is 2. The topological polar surface area (TPSA) is 64.6 Å².